The first-order chi connectivity index (χ1) is 21.5. The lowest BCUT2D eigenvalue weighted by atomic mass is 10.0. The van der Waals surface area contributed by atoms with E-state index in [2.05, 4.69) is 21.2 Å². The molecular formula is C34H35BrClN3O5S. The molecular weight excluding hydrogens is 678 g/mol. The zero-order valence-electron chi connectivity index (χ0n) is 25.2. The second-order valence-corrected chi connectivity index (χ2v) is 13.6. The number of nitrogens with one attached hydrogen (secondary N) is 1. The van der Waals surface area contributed by atoms with E-state index < -0.39 is 28.5 Å². The molecule has 2 amide bonds. The lowest BCUT2D eigenvalue weighted by Crippen LogP contribution is -2.53. The van der Waals surface area contributed by atoms with Crippen molar-refractivity contribution >= 4 is 55.1 Å². The third-order valence-corrected chi connectivity index (χ3v) is 9.81. The molecule has 0 fully saturated rings. The van der Waals surface area contributed by atoms with Gasteiger partial charge in [0, 0.05) is 24.0 Å². The summed E-state index contributed by atoms with van der Waals surface area (Å²) in [5, 5.41) is 3.04. The number of sulfonamides is 1. The monoisotopic (exact) mass is 711 g/mol. The Labute approximate surface area is 278 Å². The molecule has 236 valence electrons. The third-order valence-electron chi connectivity index (χ3n) is 7.20. The number of hydrogen-bond donors (Lipinski definition) is 1. The predicted octanol–water partition coefficient (Wildman–Crippen LogP) is 6.39. The number of likely N-dealkylation sites (N-methyl/N-ethyl adjacent to an activating group) is 1. The van der Waals surface area contributed by atoms with Gasteiger partial charge in [-0.3, -0.25) is 13.9 Å². The van der Waals surface area contributed by atoms with Crippen molar-refractivity contribution in [3.63, 3.8) is 0 Å². The Kier molecular flexibility index (Phi) is 11.7. The van der Waals surface area contributed by atoms with Crippen LogP contribution in [-0.2, 0) is 32.6 Å². The molecule has 0 aliphatic rings. The minimum absolute atomic E-state index is 0.0110. The van der Waals surface area contributed by atoms with Crippen molar-refractivity contribution in [1.29, 1.82) is 0 Å². The minimum Gasteiger partial charge on any atom is -0.495 e. The van der Waals surface area contributed by atoms with Crippen LogP contribution in [0.4, 0.5) is 5.69 Å². The van der Waals surface area contributed by atoms with Crippen LogP contribution in [0.2, 0.25) is 5.02 Å². The number of methoxy groups -OCH3 is 1. The van der Waals surface area contributed by atoms with E-state index in [9.17, 15) is 18.0 Å². The normalized spacial score (nSPS) is 11.8. The highest BCUT2D eigenvalue weighted by Gasteiger charge is 2.34. The highest BCUT2D eigenvalue weighted by molar-refractivity contribution is 9.10. The lowest BCUT2D eigenvalue weighted by Gasteiger charge is -2.34. The van der Waals surface area contributed by atoms with Crippen LogP contribution in [0, 0.1) is 6.92 Å². The van der Waals surface area contributed by atoms with Crippen molar-refractivity contribution in [3.05, 3.63) is 123 Å². The summed E-state index contributed by atoms with van der Waals surface area (Å²) in [7, 11) is -2.79. The number of aryl methyl sites for hydroxylation is 1. The number of rotatable bonds is 13. The average molecular weight is 713 g/mol. The van der Waals surface area contributed by atoms with Crippen LogP contribution in [0.1, 0.15) is 23.6 Å². The molecule has 0 unspecified atom stereocenters. The molecule has 0 spiro atoms. The Bertz CT molecular complexity index is 1720. The minimum atomic E-state index is -4.25. The molecule has 4 rings (SSSR count). The van der Waals surface area contributed by atoms with Gasteiger partial charge in [-0.2, -0.15) is 0 Å². The third kappa shape index (κ3) is 8.65. The molecule has 4 aromatic rings. The van der Waals surface area contributed by atoms with Gasteiger partial charge >= 0.3 is 0 Å². The number of carbonyl (C=O) groups is 2. The average Bonchev–Trinajstić information content (AvgIpc) is 3.03. The van der Waals surface area contributed by atoms with Gasteiger partial charge in [0.25, 0.3) is 10.0 Å². The van der Waals surface area contributed by atoms with Gasteiger partial charge in [-0.1, -0.05) is 87.7 Å². The van der Waals surface area contributed by atoms with Crippen LogP contribution in [0.3, 0.4) is 0 Å². The van der Waals surface area contributed by atoms with Crippen LogP contribution in [0.25, 0.3) is 0 Å². The maximum absolute atomic E-state index is 14.5. The van der Waals surface area contributed by atoms with Crippen LogP contribution >= 0.6 is 27.5 Å². The summed E-state index contributed by atoms with van der Waals surface area (Å²) in [5.74, 6) is -0.546. The van der Waals surface area contributed by atoms with Gasteiger partial charge in [0.1, 0.15) is 18.3 Å². The van der Waals surface area contributed by atoms with E-state index in [0.717, 1.165) is 25.5 Å². The molecule has 4 aromatic carbocycles. The topological polar surface area (TPSA) is 96.0 Å². The summed E-state index contributed by atoms with van der Waals surface area (Å²) in [6.07, 6.45) is 0.230. The Morgan fingerprint density at radius 2 is 1.60 bits per heavy atom. The van der Waals surface area contributed by atoms with Gasteiger partial charge in [-0.05, 0) is 67.4 Å². The second kappa shape index (κ2) is 15.4. The first-order valence-corrected chi connectivity index (χ1v) is 16.9. The number of benzene rings is 4. The van der Waals surface area contributed by atoms with Crippen LogP contribution in [0.5, 0.6) is 5.75 Å². The first-order valence-electron chi connectivity index (χ1n) is 14.3. The molecule has 45 heavy (non-hydrogen) atoms. The quantitative estimate of drug-likeness (QED) is 0.173. The van der Waals surface area contributed by atoms with Gasteiger partial charge in [0.15, 0.2) is 0 Å². The summed E-state index contributed by atoms with van der Waals surface area (Å²) in [6, 6.07) is 26.8. The molecule has 0 radical (unpaired) electrons. The summed E-state index contributed by atoms with van der Waals surface area (Å²) >= 11 is 9.87. The number of carbonyl (C=O) groups excluding carboxylic acids is 2. The molecule has 0 aliphatic carbocycles. The number of amides is 2. The van der Waals surface area contributed by atoms with Crippen LogP contribution in [-0.4, -0.2) is 51.4 Å². The Morgan fingerprint density at radius 1 is 0.933 bits per heavy atom. The fourth-order valence-corrected chi connectivity index (χ4v) is 6.73. The van der Waals surface area contributed by atoms with E-state index >= 15 is 0 Å². The van der Waals surface area contributed by atoms with Crippen molar-refractivity contribution in [2.24, 2.45) is 0 Å². The summed E-state index contributed by atoms with van der Waals surface area (Å²) in [6.45, 7) is 3.52. The smallest absolute Gasteiger partial charge is 0.264 e. The van der Waals surface area contributed by atoms with Crippen LogP contribution < -0.4 is 14.4 Å². The lowest BCUT2D eigenvalue weighted by molar-refractivity contribution is -0.140. The van der Waals surface area contributed by atoms with Crippen molar-refractivity contribution in [2.45, 2.75) is 37.8 Å². The molecule has 1 atom stereocenters. The van der Waals surface area contributed by atoms with Gasteiger partial charge in [-0.25, -0.2) is 8.42 Å². The molecule has 8 nitrogen and oxygen atoms in total. The molecule has 0 heterocycles. The van der Waals surface area contributed by atoms with Crippen molar-refractivity contribution in [1.82, 2.24) is 10.2 Å². The van der Waals surface area contributed by atoms with E-state index in [1.165, 1.54) is 36.3 Å². The highest BCUT2D eigenvalue weighted by atomic mass is 79.9. The molecule has 0 bridgehead atoms. The summed E-state index contributed by atoms with van der Waals surface area (Å²) < 4.78 is 35.5. The van der Waals surface area contributed by atoms with E-state index in [0.29, 0.717) is 12.3 Å². The zero-order chi connectivity index (χ0) is 32.6. The summed E-state index contributed by atoms with van der Waals surface area (Å²) in [4.78, 5) is 29.5. The fraction of sp³-hybridized carbons (Fsp3) is 0.235. The standard InChI is InChI=1S/C34H35BrClN3O5S/c1-4-37-34(41)31(20-25-8-6-5-7-9-25)38(22-26-12-14-27(35)15-13-26)33(40)23-39(28-16-19-32(44-3)30(36)21-28)45(42,43)29-17-10-24(2)11-18-29/h5-19,21,31H,4,20,22-23H2,1-3H3,(H,37,41)/t31-/m0/s1. The van der Waals surface area contributed by atoms with E-state index in [-0.39, 0.29) is 34.5 Å². The summed E-state index contributed by atoms with van der Waals surface area (Å²) in [5.41, 5.74) is 2.69. The first kappa shape index (κ1) is 34.0. The Morgan fingerprint density at radius 3 is 2.20 bits per heavy atom. The predicted molar refractivity (Wildman–Crippen MR) is 181 cm³/mol. The Balaban J connectivity index is 1.81. The largest absolute Gasteiger partial charge is 0.495 e. The van der Waals surface area contributed by atoms with Gasteiger partial charge in [0.05, 0.1) is 22.7 Å². The van der Waals surface area contributed by atoms with E-state index in [4.69, 9.17) is 16.3 Å². The zero-order valence-corrected chi connectivity index (χ0v) is 28.4. The number of hydrogen-bond acceptors (Lipinski definition) is 5. The molecule has 0 aromatic heterocycles. The van der Waals surface area contributed by atoms with Crippen LogP contribution in [0.15, 0.2) is 106 Å². The van der Waals surface area contributed by atoms with Crippen molar-refractivity contribution in [3.8, 4) is 5.75 Å². The molecule has 0 saturated carbocycles. The molecule has 11 heteroatoms. The van der Waals surface area contributed by atoms with Gasteiger partial charge < -0.3 is 15.0 Å². The van der Waals surface area contributed by atoms with Crippen molar-refractivity contribution in [2.75, 3.05) is 24.5 Å². The fourth-order valence-electron chi connectivity index (χ4n) is 4.81. The number of halogens is 2. The number of nitrogens with zero attached hydrogens (tertiary/aromatic N) is 2. The maximum Gasteiger partial charge on any atom is 0.264 e. The number of anilines is 1. The van der Waals surface area contributed by atoms with E-state index in [1.54, 1.807) is 18.2 Å². The van der Waals surface area contributed by atoms with Crippen molar-refractivity contribution < 1.29 is 22.7 Å². The number of ether oxygens (including phenoxy) is 1. The molecule has 0 saturated heterocycles. The maximum atomic E-state index is 14.5. The second-order valence-electron chi connectivity index (χ2n) is 10.4. The molecule has 1 N–H and O–H groups in total. The van der Waals surface area contributed by atoms with Gasteiger partial charge in [-0.15, -0.1) is 0 Å². The van der Waals surface area contributed by atoms with Gasteiger partial charge in [0.2, 0.25) is 11.8 Å². The van der Waals surface area contributed by atoms with E-state index in [1.807, 2.05) is 68.4 Å². The SMILES string of the molecule is CCNC(=O)[C@H](Cc1ccccc1)N(Cc1ccc(Br)cc1)C(=O)CN(c1ccc(OC)c(Cl)c1)S(=O)(=O)c1ccc(C)cc1. The molecule has 0 aliphatic heterocycles. The Hall–Kier alpha value is -3.86. The highest BCUT2D eigenvalue weighted by Crippen LogP contribution is 2.32.